The van der Waals surface area contributed by atoms with Gasteiger partial charge in [-0.2, -0.15) is 0 Å². The van der Waals surface area contributed by atoms with Crippen LogP contribution in [0.25, 0.3) is 0 Å². The van der Waals surface area contributed by atoms with Gasteiger partial charge in [0.05, 0.1) is 16.8 Å². The Bertz CT molecular complexity index is 762. The molecule has 0 bridgehead atoms. The summed E-state index contributed by atoms with van der Waals surface area (Å²) in [5.41, 5.74) is 4.18. The molecule has 1 unspecified atom stereocenters. The molecule has 0 fully saturated rings. The molecule has 26 heavy (non-hydrogen) atoms. The standard InChI is InChI=1S/C22H32O3S/c1-17(2)7-6-8-18(3)11-14-22(20(5)15-16-23)26(24,25)21-12-9-19(4)10-13-21/h7,9-13,15,22-23H,6,8,14,16H2,1-5H3/b18-11-,20-15+. The highest BCUT2D eigenvalue weighted by molar-refractivity contribution is 7.92. The second kappa shape index (κ2) is 10.5. The second-order valence-corrected chi connectivity index (χ2v) is 9.21. The summed E-state index contributed by atoms with van der Waals surface area (Å²) < 4.78 is 26.2. The number of hydrogen-bond donors (Lipinski definition) is 1. The lowest BCUT2D eigenvalue weighted by Gasteiger charge is -2.18. The number of rotatable bonds is 9. The summed E-state index contributed by atoms with van der Waals surface area (Å²) in [7, 11) is -3.50. The van der Waals surface area contributed by atoms with Gasteiger partial charge in [-0.1, -0.05) is 52.6 Å². The van der Waals surface area contributed by atoms with Gasteiger partial charge in [-0.3, -0.25) is 0 Å². The van der Waals surface area contributed by atoms with Crippen LogP contribution in [-0.2, 0) is 9.84 Å². The lowest BCUT2D eigenvalue weighted by molar-refractivity contribution is 0.341. The van der Waals surface area contributed by atoms with Crippen LogP contribution in [0, 0.1) is 6.92 Å². The third-order valence-corrected chi connectivity index (χ3v) is 6.66. The summed E-state index contributed by atoms with van der Waals surface area (Å²) in [5.74, 6) is 0. The summed E-state index contributed by atoms with van der Waals surface area (Å²) in [4.78, 5) is 0.328. The zero-order valence-electron chi connectivity index (χ0n) is 16.6. The largest absolute Gasteiger partial charge is 0.392 e. The SMILES string of the molecule is CC(C)=CCC/C(C)=C\CC(/C(C)=C/CO)S(=O)(=O)c1ccc(C)cc1. The van der Waals surface area contributed by atoms with Crippen LogP contribution in [0.5, 0.6) is 0 Å². The zero-order chi connectivity index (χ0) is 19.7. The molecule has 0 heterocycles. The first-order chi connectivity index (χ1) is 12.2. The van der Waals surface area contributed by atoms with Crippen molar-refractivity contribution >= 4 is 9.84 Å². The van der Waals surface area contributed by atoms with Crippen LogP contribution in [0.3, 0.4) is 0 Å². The molecule has 1 aromatic carbocycles. The fourth-order valence-electron chi connectivity index (χ4n) is 2.72. The fraction of sp³-hybridized carbons (Fsp3) is 0.455. The minimum Gasteiger partial charge on any atom is -0.392 e. The molecular weight excluding hydrogens is 344 g/mol. The molecule has 0 aliphatic rings. The number of aryl methyl sites for hydroxylation is 1. The molecule has 1 aromatic rings. The molecule has 144 valence electrons. The van der Waals surface area contributed by atoms with Crippen molar-refractivity contribution in [3.05, 3.63) is 64.8 Å². The molecular formula is C22H32O3S. The van der Waals surface area contributed by atoms with Crippen molar-refractivity contribution in [2.75, 3.05) is 6.61 Å². The molecule has 0 aromatic heterocycles. The molecule has 3 nitrogen and oxygen atoms in total. The Balaban J connectivity index is 3.07. The van der Waals surface area contributed by atoms with E-state index < -0.39 is 15.1 Å². The van der Waals surface area contributed by atoms with Gasteiger partial charge in [-0.15, -0.1) is 0 Å². The average molecular weight is 377 g/mol. The molecule has 1 N–H and O–H groups in total. The summed E-state index contributed by atoms with van der Waals surface area (Å²) >= 11 is 0. The summed E-state index contributed by atoms with van der Waals surface area (Å²) in [6, 6.07) is 6.95. The molecule has 0 aliphatic heterocycles. The Labute approximate surface area is 159 Å². The number of sulfone groups is 1. The first-order valence-electron chi connectivity index (χ1n) is 9.05. The highest BCUT2D eigenvalue weighted by atomic mass is 32.2. The van der Waals surface area contributed by atoms with Gasteiger partial charge in [-0.25, -0.2) is 8.42 Å². The molecule has 0 radical (unpaired) electrons. The summed E-state index contributed by atoms with van der Waals surface area (Å²) in [6.07, 6.45) is 8.09. The van der Waals surface area contributed by atoms with Crippen molar-refractivity contribution in [1.82, 2.24) is 0 Å². The van der Waals surface area contributed by atoms with E-state index in [1.165, 1.54) is 11.1 Å². The van der Waals surface area contributed by atoms with Crippen LogP contribution in [0.4, 0.5) is 0 Å². The Hall–Kier alpha value is -1.65. The summed E-state index contributed by atoms with van der Waals surface area (Å²) in [5, 5.41) is 8.55. The van der Waals surface area contributed by atoms with E-state index in [1.807, 2.05) is 32.1 Å². The number of allylic oxidation sites excluding steroid dienone is 4. The predicted molar refractivity (Wildman–Crippen MR) is 110 cm³/mol. The third-order valence-electron chi connectivity index (χ3n) is 4.42. The van der Waals surface area contributed by atoms with E-state index >= 15 is 0 Å². The maximum absolute atomic E-state index is 13.1. The fourth-order valence-corrected chi connectivity index (χ4v) is 4.50. The van der Waals surface area contributed by atoms with E-state index in [-0.39, 0.29) is 6.61 Å². The average Bonchev–Trinajstić information content (AvgIpc) is 2.55. The van der Waals surface area contributed by atoms with E-state index in [9.17, 15) is 13.5 Å². The van der Waals surface area contributed by atoms with E-state index in [4.69, 9.17) is 0 Å². The number of aliphatic hydroxyl groups excluding tert-OH is 1. The molecule has 0 saturated carbocycles. The molecule has 0 amide bonds. The van der Waals surface area contributed by atoms with Gasteiger partial charge in [-0.05, 0) is 66.0 Å². The van der Waals surface area contributed by atoms with Gasteiger partial charge in [0.25, 0.3) is 0 Å². The number of benzene rings is 1. The lowest BCUT2D eigenvalue weighted by Crippen LogP contribution is -2.23. The molecule has 1 rings (SSSR count). The van der Waals surface area contributed by atoms with Crippen LogP contribution in [0.2, 0.25) is 0 Å². The van der Waals surface area contributed by atoms with Gasteiger partial charge >= 0.3 is 0 Å². The minimum atomic E-state index is -3.50. The quantitative estimate of drug-likeness (QED) is 0.606. The van der Waals surface area contributed by atoms with Gasteiger partial charge in [0.15, 0.2) is 9.84 Å². The first kappa shape index (κ1) is 22.4. The lowest BCUT2D eigenvalue weighted by atomic mass is 10.1. The van der Waals surface area contributed by atoms with Crippen LogP contribution in [0.15, 0.2) is 64.1 Å². The molecule has 1 atom stereocenters. The minimum absolute atomic E-state index is 0.158. The van der Waals surface area contributed by atoms with Gasteiger partial charge in [0, 0.05) is 0 Å². The van der Waals surface area contributed by atoms with E-state index in [0.717, 1.165) is 18.4 Å². The van der Waals surface area contributed by atoms with Crippen LogP contribution >= 0.6 is 0 Å². The Kier molecular flexibility index (Phi) is 9.03. The normalized spacial score (nSPS) is 14.2. The topological polar surface area (TPSA) is 54.4 Å². The highest BCUT2D eigenvalue weighted by Crippen LogP contribution is 2.25. The highest BCUT2D eigenvalue weighted by Gasteiger charge is 2.27. The smallest absolute Gasteiger partial charge is 0.185 e. The van der Waals surface area contributed by atoms with Gasteiger partial charge < -0.3 is 5.11 Å². The Morgan fingerprint density at radius 2 is 1.65 bits per heavy atom. The Morgan fingerprint density at radius 1 is 1.04 bits per heavy atom. The molecule has 0 aliphatic carbocycles. The maximum atomic E-state index is 13.1. The van der Waals surface area contributed by atoms with Crippen molar-refractivity contribution in [3.8, 4) is 0 Å². The van der Waals surface area contributed by atoms with E-state index in [0.29, 0.717) is 16.9 Å². The van der Waals surface area contributed by atoms with Crippen LogP contribution in [-0.4, -0.2) is 25.4 Å². The summed E-state index contributed by atoms with van der Waals surface area (Å²) in [6.45, 7) is 9.75. The monoisotopic (exact) mass is 376 g/mol. The molecule has 0 spiro atoms. The van der Waals surface area contributed by atoms with E-state index in [2.05, 4.69) is 19.9 Å². The van der Waals surface area contributed by atoms with Crippen molar-refractivity contribution < 1.29 is 13.5 Å². The van der Waals surface area contributed by atoms with Crippen LogP contribution in [0.1, 0.15) is 52.5 Å². The van der Waals surface area contributed by atoms with Crippen molar-refractivity contribution in [1.29, 1.82) is 0 Å². The second-order valence-electron chi connectivity index (χ2n) is 7.08. The van der Waals surface area contributed by atoms with Crippen molar-refractivity contribution in [2.24, 2.45) is 0 Å². The van der Waals surface area contributed by atoms with Crippen LogP contribution < -0.4 is 0 Å². The zero-order valence-corrected chi connectivity index (χ0v) is 17.4. The Morgan fingerprint density at radius 3 is 2.19 bits per heavy atom. The van der Waals surface area contributed by atoms with Crippen molar-refractivity contribution in [2.45, 2.75) is 64.0 Å². The third kappa shape index (κ3) is 6.93. The number of aliphatic hydroxyl groups is 1. The predicted octanol–water partition coefficient (Wildman–Crippen LogP) is 5.16. The van der Waals surface area contributed by atoms with Gasteiger partial charge in [0.1, 0.15) is 0 Å². The first-order valence-corrected chi connectivity index (χ1v) is 10.6. The molecule has 0 saturated heterocycles. The van der Waals surface area contributed by atoms with Crippen molar-refractivity contribution in [3.63, 3.8) is 0 Å². The molecule has 4 heteroatoms. The number of hydrogen-bond acceptors (Lipinski definition) is 3. The maximum Gasteiger partial charge on any atom is 0.185 e. The van der Waals surface area contributed by atoms with Gasteiger partial charge in [0.2, 0.25) is 0 Å². The van der Waals surface area contributed by atoms with E-state index in [1.54, 1.807) is 25.1 Å².